The summed E-state index contributed by atoms with van der Waals surface area (Å²) in [6.07, 6.45) is 1.42. The van der Waals surface area contributed by atoms with Crippen molar-refractivity contribution in [2.24, 2.45) is 5.90 Å². The summed E-state index contributed by atoms with van der Waals surface area (Å²) in [6, 6.07) is 2.52. The molecule has 1 saturated carbocycles. The van der Waals surface area contributed by atoms with Crippen molar-refractivity contribution in [3.8, 4) is 0 Å². The summed E-state index contributed by atoms with van der Waals surface area (Å²) in [5, 5.41) is 0. The van der Waals surface area contributed by atoms with Gasteiger partial charge in [-0.15, -0.1) is 0 Å². The summed E-state index contributed by atoms with van der Waals surface area (Å²) in [5.41, 5.74) is -0.458. The molecule has 82 valence electrons. The molecule has 0 radical (unpaired) electrons. The Morgan fingerprint density at radius 2 is 1.87 bits per heavy atom. The highest BCUT2D eigenvalue weighted by Crippen LogP contribution is 2.50. The third-order valence-electron chi connectivity index (χ3n) is 2.75. The van der Waals surface area contributed by atoms with Gasteiger partial charge in [0.2, 0.25) is 0 Å². The lowest BCUT2D eigenvalue weighted by Gasteiger charge is -2.15. The summed E-state index contributed by atoms with van der Waals surface area (Å²) in [4.78, 5) is 4.52. The Balaban J connectivity index is 2.44. The lowest BCUT2D eigenvalue weighted by molar-refractivity contribution is 0.114. The zero-order valence-electron chi connectivity index (χ0n) is 7.90. The molecule has 0 heterocycles. The van der Waals surface area contributed by atoms with Gasteiger partial charge in [-0.1, -0.05) is 15.9 Å². The van der Waals surface area contributed by atoms with Crippen LogP contribution in [0.4, 0.5) is 8.78 Å². The molecule has 1 aromatic carbocycles. The highest BCUT2D eigenvalue weighted by molar-refractivity contribution is 9.10. The maximum atomic E-state index is 13.6. The fourth-order valence-corrected chi connectivity index (χ4v) is 2.23. The van der Waals surface area contributed by atoms with Gasteiger partial charge < -0.3 is 4.84 Å². The van der Waals surface area contributed by atoms with Gasteiger partial charge in [-0.2, -0.15) is 0 Å². The maximum absolute atomic E-state index is 13.6. The fraction of sp³-hybridized carbons (Fsp3) is 0.400. The van der Waals surface area contributed by atoms with E-state index in [0.29, 0.717) is 17.3 Å². The molecule has 0 aromatic heterocycles. The van der Waals surface area contributed by atoms with Crippen molar-refractivity contribution in [2.45, 2.75) is 18.3 Å². The first-order valence-electron chi connectivity index (χ1n) is 4.56. The Morgan fingerprint density at radius 3 is 2.27 bits per heavy atom. The standard InChI is InChI=1S/C10H10BrF2NO/c11-6-3-7(12)9(8(13)4-6)10(1-2-10)5-15-14/h3-4H,1-2,5,14H2. The molecule has 2 rings (SSSR count). The normalized spacial score (nSPS) is 17.9. The smallest absolute Gasteiger partial charge is 0.131 e. The van der Waals surface area contributed by atoms with Crippen LogP contribution >= 0.6 is 15.9 Å². The van der Waals surface area contributed by atoms with E-state index < -0.39 is 17.0 Å². The lowest BCUT2D eigenvalue weighted by Crippen LogP contribution is -2.21. The van der Waals surface area contributed by atoms with E-state index in [2.05, 4.69) is 20.8 Å². The first kappa shape index (κ1) is 11.0. The largest absolute Gasteiger partial charge is 0.304 e. The fourth-order valence-electron chi connectivity index (χ4n) is 1.83. The molecule has 15 heavy (non-hydrogen) atoms. The van der Waals surface area contributed by atoms with Gasteiger partial charge in [-0.05, 0) is 25.0 Å². The Morgan fingerprint density at radius 1 is 1.33 bits per heavy atom. The Kier molecular flexibility index (Phi) is 2.79. The van der Waals surface area contributed by atoms with Crippen molar-refractivity contribution in [3.63, 3.8) is 0 Å². The minimum atomic E-state index is -0.552. The van der Waals surface area contributed by atoms with E-state index in [0.717, 1.165) is 0 Å². The number of rotatable bonds is 3. The Hall–Kier alpha value is -0.520. The second kappa shape index (κ2) is 3.81. The van der Waals surface area contributed by atoms with E-state index >= 15 is 0 Å². The monoisotopic (exact) mass is 277 g/mol. The van der Waals surface area contributed by atoms with E-state index in [1.807, 2.05) is 0 Å². The summed E-state index contributed by atoms with van der Waals surface area (Å²) < 4.78 is 27.6. The van der Waals surface area contributed by atoms with E-state index in [9.17, 15) is 8.78 Å². The molecule has 1 aliphatic carbocycles. The van der Waals surface area contributed by atoms with Crippen LogP contribution in [0.2, 0.25) is 0 Å². The molecule has 0 bridgehead atoms. The molecule has 2 nitrogen and oxygen atoms in total. The van der Waals surface area contributed by atoms with Gasteiger partial charge in [0.25, 0.3) is 0 Å². The summed E-state index contributed by atoms with van der Waals surface area (Å²) in [5.74, 6) is 3.88. The lowest BCUT2D eigenvalue weighted by atomic mass is 9.96. The van der Waals surface area contributed by atoms with Crippen LogP contribution in [-0.2, 0) is 10.3 Å². The van der Waals surface area contributed by atoms with E-state index in [4.69, 9.17) is 5.90 Å². The number of nitrogens with two attached hydrogens (primary N) is 1. The van der Waals surface area contributed by atoms with Crippen molar-refractivity contribution >= 4 is 15.9 Å². The van der Waals surface area contributed by atoms with E-state index in [-0.39, 0.29) is 12.2 Å². The van der Waals surface area contributed by atoms with Crippen LogP contribution in [0.3, 0.4) is 0 Å². The van der Waals surface area contributed by atoms with Gasteiger partial charge in [0.15, 0.2) is 0 Å². The van der Waals surface area contributed by atoms with Crippen molar-refractivity contribution in [3.05, 3.63) is 33.8 Å². The minimum absolute atomic E-state index is 0.0937. The molecule has 0 aliphatic heterocycles. The number of hydrogen-bond donors (Lipinski definition) is 1. The van der Waals surface area contributed by atoms with Crippen LogP contribution in [0.1, 0.15) is 18.4 Å². The molecule has 5 heteroatoms. The van der Waals surface area contributed by atoms with Crippen LogP contribution in [0.25, 0.3) is 0 Å². The van der Waals surface area contributed by atoms with Crippen LogP contribution < -0.4 is 5.90 Å². The zero-order chi connectivity index (χ0) is 11.1. The van der Waals surface area contributed by atoms with Gasteiger partial charge in [0.1, 0.15) is 11.6 Å². The van der Waals surface area contributed by atoms with E-state index in [1.165, 1.54) is 12.1 Å². The quantitative estimate of drug-likeness (QED) is 0.863. The van der Waals surface area contributed by atoms with Crippen molar-refractivity contribution in [2.75, 3.05) is 6.61 Å². The summed E-state index contributed by atoms with van der Waals surface area (Å²) in [6.45, 7) is 0.155. The molecule has 0 unspecified atom stereocenters. The van der Waals surface area contributed by atoms with Gasteiger partial charge in [-0.3, -0.25) is 0 Å². The van der Waals surface area contributed by atoms with Gasteiger partial charge in [-0.25, -0.2) is 14.7 Å². The molecule has 0 spiro atoms. The number of benzene rings is 1. The molecule has 0 saturated heterocycles. The molecule has 1 fully saturated rings. The van der Waals surface area contributed by atoms with Gasteiger partial charge in [0, 0.05) is 15.5 Å². The first-order valence-corrected chi connectivity index (χ1v) is 5.35. The second-order valence-electron chi connectivity index (χ2n) is 3.84. The minimum Gasteiger partial charge on any atom is -0.304 e. The third-order valence-corrected chi connectivity index (χ3v) is 3.21. The van der Waals surface area contributed by atoms with Crippen LogP contribution in [0, 0.1) is 11.6 Å². The Labute approximate surface area is 94.5 Å². The second-order valence-corrected chi connectivity index (χ2v) is 4.75. The Bertz CT molecular complexity index is 370. The maximum Gasteiger partial charge on any atom is 0.131 e. The SMILES string of the molecule is NOCC1(c2c(F)cc(Br)cc2F)CC1. The molecule has 1 aliphatic rings. The topological polar surface area (TPSA) is 35.2 Å². The third kappa shape index (κ3) is 1.91. The predicted octanol–water partition coefficient (Wildman–Crippen LogP) is 2.65. The highest BCUT2D eigenvalue weighted by atomic mass is 79.9. The number of halogens is 3. The van der Waals surface area contributed by atoms with Crippen LogP contribution in [-0.4, -0.2) is 6.61 Å². The van der Waals surface area contributed by atoms with Crippen molar-refractivity contribution in [1.82, 2.24) is 0 Å². The first-order chi connectivity index (χ1) is 7.09. The molecule has 0 atom stereocenters. The summed E-state index contributed by atoms with van der Waals surface area (Å²) >= 11 is 3.04. The molecule has 2 N–H and O–H groups in total. The molecule has 0 amide bonds. The average Bonchev–Trinajstić information content (AvgIpc) is 2.83. The van der Waals surface area contributed by atoms with Crippen LogP contribution in [0.5, 0.6) is 0 Å². The van der Waals surface area contributed by atoms with Crippen molar-refractivity contribution < 1.29 is 13.6 Å². The number of hydrogen-bond acceptors (Lipinski definition) is 2. The van der Waals surface area contributed by atoms with Crippen molar-refractivity contribution in [1.29, 1.82) is 0 Å². The zero-order valence-corrected chi connectivity index (χ0v) is 9.48. The average molecular weight is 278 g/mol. The predicted molar refractivity (Wildman–Crippen MR) is 55.1 cm³/mol. The molecular weight excluding hydrogens is 268 g/mol. The van der Waals surface area contributed by atoms with Gasteiger partial charge >= 0.3 is 0 Å². The molecular formula is C10H10BrF2NO. The highest BCUT2D eigenvalue weighted by Gasteiger charge is 2.48. The van der Waals surface area contributed by atoms with E-state index in [1.54, 1.807) is 0 Å². The van der Waals surface area contributed by atoms with Gasteiger partial charge in [0.05, 0.1) is 6.61 Å². The van der Waals surface area contributed by atoms with Crippen LogP contribution in [0.15, 0.2) is 16.6 Å². The summed E-state index contributed by atoms with van der Waals surface area (Å²) in [7, 11) is 0. The molecule has 1 aromatic rings.